The quantitative estimate of drug-likeness (QED) is 0.0650. The van der Waals surface area contributed by atoms with Gasteiger partial charge in [-0.2, -0.15) is 0 Å². The fourth-order valence-corrected chi connectivity index (χ4v) is 4.56. The van der Waals surface area contributed by atoms with E-state index in [-0.39, 0.29) is 16.9 Å². The predicted octanol–water partition coefficient (Wildman–Crippen LogP) is 11.2. The Morgan fingerprint density at radius 3 is 1.51 bits per heavy atom. The summed E-state index contributed by atoms with van der Waals surface area (Å²) < 4.78 is 51.3. The second-order valence-electron chi connectivity index (χ2n) is 12.0. The maximum Gasteiger partial charge on any atom is 0.338 e. The monoisotopic (exact) mass is 664 g/mol. The summed E-state index contributed by atoms with van der Waals surface area (Å²) in [6.45, 7) is 17.9. The highest BCUT2D eigenvalue weighted by atomic mass is 19.3. The highest BCUT2D eigenvalue weighted by molar-refractivity contribution is 5.90. The van der Waals surface area contributed by atoms with E-state index >= 15 is 0 Å². The molecule has 49 heavy (non-hydrogen) atoms. The molecule has 0 N–H and O–H groups in total. The second kappa shape index (κ2) is 15.9. The van der Waals surface area contributed by atoms with Crippen molar-refractivity contribution in [1.29, 1.82) is 0 Å². The summed E-state index contributed by atoms with van der Waals surface area (Å²) in [6.07, 6.45) is 0.462. The number of carbonyl (C=O) groups is 2. The zero-order valence-electron chi connectivity index (χ0n) is 28.4. The van der Waals surface area contributed by atoms with Crippen LogP contribution in [-0.2, 0) is 9.59 Å². The zero-order chi connectivity index (χ0) is 35.8. The Labute approximate surface area is 285 Å². The maximum atomic E-state index is 14.2. The molecule has 0 bridgehead atoms. The topological polar surface area (TPSA) is 71.1 Å². The van der Waals surface area contributed by atoms with Crippen molar-refractivity contribution in [3.63, 3.8) is 0 Å². The molecular weight excluding hydrogens is 626 g/mol. The molecule has 4 rings (SSSR count). The van der Waals surface area contributed by atoms with Crippen molar-refractivity contribution < 1.29 is 37.3 Å². The lowest BCUT2D eigenvalue weighted by molar-refractivity contribution is -0.130. The minimum Gasteiger partial charge on any atom is -0.464 e. The number of esters is 2. The number of carbonyl (C=O) groups excluding carboxylic acids is 2. The third-order valence-corrected chi connectivity index (χ3v) is 6.96. The Kier molecular flexibility index (Phi) is 11.7. The van der Waals surface area contributed by atoms with E-state index in [0.29, 0.717) is 39.5 Å². The van der Waals surface area contributed by atoms with E-state index in [9.17, 15) is 18.4 Å². The summed E-state index contributed by atoms with van der Waals surface area (Å²) >= 11 is 0. The van der Waals surface area contributed by atoms with Crippen LogP contribution in [0.5, 0.6) is 23.0 Å². The third kappa shape index (κ3) is 9.41. The molecule has 0 aliphatic rings. The van der Waals surface area contributed by atoms with Crippen molar-refractivity contribution in [2.75, 3.05) is 0 Å². The van der Waals surface area contributed by atoms with Gasteiger partial charge >= 0.3 is 11.9 Å². The Balaban J connectivity index is 1.80. The molecule has 0 atom stereocenters. The van der Waals surface area contributed by atoms with Crippen molar-refractivity contribution >= 4 is 11.9 Å². The lowest BCUT2D eigenvalue weighted by atomic mass is 9.94. The summed E-state index contributed by atoms with van der Waals surface area (Å²) in [4.78, 5) is 23.9. The Bertz CT molecular complexity index is 1900. The number of allylic oxidation sites excluding steroid dienone is 2. The van der Waals surface area contributed by atoms with E-state index in [4.69, 9.17) is 18.9 Å². The maximum absolute atomic E-state index is 14.2. The van der Waals surface area contributed by atoms with Gasteiger partial charge in [-0.15, -0.1) is 0 Å². The van der Waals surface area contributed by atoms with Gasteiger partial charge in [0.2, 0.25) is 0 Å². The summed E-state index contributed by atoms with van der Waals surface area (Å²) in [5.74, 6) is 0.185. The molecule has 0 fully saturated rings. The first-order valence-corrected chi connectivity index (χ1v) is 15.4. The number of rotatable bonds is 12. The molecule has 0 unspecified atom stereocenters. The molecule has 8 heteroatoms. The minimum atomic E-state index is -2.81. The number of alkyl halides is 2. The van der Waals surface area contributed by atoms with E-state index < -0.39 is 18.4 Å². The minimum absolute atomic E-state index is 0.00778. The molecule has 0 heterocycles. The van der Waals surface area contributed by atoms with Crippen LogP contribution in [0.2, 0.25) is 0 Å². The summed E-state index contributed by atoms with van der Waals surface area (Å²) in [5.41, 5.74) is 5.84. The molecule has 0 saturated heterocycles. The first-order valence-electron chi connectivity index (χ1n) is 15.4. The van der Waals surface area contributed by atoms with Crippen molar-refractivity contribution in [3.8, 4) is 56.4 Å². The molecule has 252 valence electrons. The standard InChI is InChI=1S/C41H38F2O6/c1-24(2)22-46-36-19-31(28-13-15-32(16-14-28)48-40(44)26(5)6)20-37(47-23-25(3)4)38(36)30-11-9-29(10-12-30)34-18-17-33(21-35(34)39(42)43)49-41(45)27(7)8/h9-23,39H,5,7H2,1-4,6,8H3. The van der Waals surface area contributed by atoms with Gasteiger partial charge in [0.15, 0.2) is 0 Å². The fraction of sp³-hybridized carbons (Fsp3) is 0.171. The predicted molar refractivity (Wildman–Crippen MR) is 189 cm³/mol. The summed E-state index contributed by atoms with van der Waals surface area (Å²) in [6, 6.07) is 22.1. The average molecular weight is 665 g/mol. The van der Waals surface area contributed by atoms with Gasteiger partial charge < -0.3 is 18.9 Å². The third-order valence-electron chi connectivity index (χ3n) is 6.96. The van der Waals surface area contributed by atoms with E-state index in [2.05, 4.69) is 13.2 Å². The molecule has 0 radical (unpaired) electrons. The molecule has 6 nitrogen and oxygen atoms in total. The van der Waals surface area contributed by atoms with Crippen LogP contribution in [0.25, 0.3) is 33.4 Å². The van der Waals surface area contributed by atoms with Gasteiger partial charge in [0.25, 0.3) is 6.43 Å². The van der Waals surface area contributed by atoms with Gasteiger partial charge in [-0.1, -0.05) is 55.6 Å². The van der Waals surface area contributed by atoms with Crippen LogP contribution in [0, 0.1) is 0 Å². The number of hydrogen-bond donors (Lipinski definition) is 0. The number of benzene rings is 4. The van der Waals surface area contributed by atoms with Crippen molar-refractivity contribution in [2.24, 2.45) is 0 Å². The van der Waals surface area contributed by atoms with Crippen LogP contribution in [-0.4, -0.2) is 11.9 Å². The molecule has 4 aromatic carbocycles. The first-order chi connectivity index (χ1) is 23.2. The highest BCUT2D eigenvalue weighted by Crippen LogP contribution is 2.44. The van der Waals surface area contributed by atoms with Crippen molar-refractivity contribution in [1.82, 2.24) is 0 Å². The first kappa shape index (κ1) is 36.1. The van der Waals surface area contributed by atoms with Crippen LogP contribution >= 0.6 is 0 Å². The Morgan fingerprint density at radius 2 is 1.04 bits per heavy atom. The number of hydrogen-bond acceptors (Lipinski definition) is 6. The van der Waals surface area contributed by atoms with Crippen LogP contribution < -0.4 is 18.9 Å². The van der Waals surface area contributed by atoms with E-state index in [0.717, 1.165) is 27.8 Å². The van der Waals surface area contributed by atoms with Crippen molar-refractivity contribution in [2.45, 2.75) is 48.0 Å². The van der Waals surface area contributed by atoms with Gasteiger partial charge in [-0.25, -0.2) is 18.4 Å². The van der Waals surface area contributed by atoms with Crippen LogP contribution in [0.3, 0.4) is 0 Å². The zero-order valence-corrected chi connectivity index (χ0v) is 28.4. The molecule has 0 aliphatic heterocycles. The Hall–Kier alpha value is -5.76. The molecule has 0 spiro atoms. The van der Waals surface area contributed by atoms with Gasteiger partial charge in [0.1, 0.15) is 23.0 Å². The molecule has 4 aromatic rings. The lowest BCUT2D eigenvalue weighted by Crippen LogP contribution is -2.08. The van der Waals surface area contributed by atoms with Gasteiger partial charge in [0.05, 0.1) is 18.1 Å². The second-order valence-corrected chi connectivity index (χ2v) is 12.0. The highest BCUT2D eigenvalue weighted by Gasteiger charge is 2.20. The fourth-order valence-electron chi connectivity index (χ4n) is 4.56. The average Bonchev–Trinajstić information content (AvgIpc) is 3.06. The number of ether oxygens (including phenoxy) is 4. The molecule has 0 saturated carbocycles. The SMILES string of the molecule is C=C(C)C(=O)Oc1ccc(-c2cc(OC=C(C)C)c(-c3ccc(-c4ccc(OC(=O)C(=C)C)cc4C(F)F)cc3)c(OC=C(C)C)c2)cc1. The van der Waals surface area contributed by atoms with Gasteiger partial charge in [-0.3, -0.25) is 0 Å². The van der Waals surface area contributed by atoms with Gasteiger partial charge in [-0.05, 0) is 117 Å². The smallest absolute Gasteiger partial charge is 0.338 e. The molecule has 0 aliphatic carbocycles. The normalized spacial score (nSPS) is 10.6. The molecular formula is C41H38F2O6. The van der Waals surface area contributed by atoms with Crippen LogP contribution in [0.15, 0.2) is 127 Å². The lowest BCUT2D eigenvalue weighted by Gasteiger charge is -2.18. The molecule has 0 amide bonds. The summed E-state index contributed by atoms with van der Waals surface area (Å²) in [5, 5.41) is 0. The number of halogens is 2. The van der Waals surface area contributed by atoms with E-state index in [1.807, 2.05) is 64.1 Å². The molecule has 0 aromatic heterocycles. The van der Waals surface area contributed by atoms with Crippen LogP contribution in [0.4, 0.5) is 8.78 Å². The Morgan fingerprint density at radius 1 is 0.592 bits per heavy atom. The van der Waals surface area contributed by atoms with Gasteiger partial charge in [0, 0.05) is 16.7 Å². The van der Waals surface area contributed by atoms with E-state index in [1.165, 1.54) is 25.1 Å². The summed E-state index contributed by atoms with van der Waals surface area (Å²) in [7, 11) is 0. The largest absolute Gasteiger partial charge is 0.464 e. The van der Waals surface area contributed by atoms with Crippen molar-refractivity contribution in [3.05, 3.63) is 132 Å². The van der Waals surface area contributed by atoms with Crippen LogP contribution in [0.1, 0.15) is 53.5 Å². The van der Waals surface area contributed by atoms with E-state index in [1.54, 1.807) is 43.7 Å².